The van der Waals surface area contributed by atoms with E-state index in [1.54, 1.807) is 12.1 Å². The molecule has 2 atom stereocenters. The number of thioether (sulfide) groups is 1. The van der Waals surface area contributed by atoms with Crippen LogP contribution in [0, 0.1) is 10.1 Å². The molecule has 1 aliphatic rings. The average Bonchev–Trinajstić information content (AvgIpc) is 3.05. The zero-order valence-electron chi connectivity index (χ0n) is 18.1. The van der Waals surface area contributed by atoms with Gasteiger partial charge in [0, 0.05) is 12.1 Å². The molecule has 0 spiro atoms. The largest absolute Gasteiger partial charge is 0.451 e. The van der Waals surface area contributed by atoms with E-state index in [4.69, 9.17) is 16.3 Å². The highest BCUT2D eigenvalue weighted by Crippen LogP contribution is 2.28. The number of carbonyl (C=O) groups excluding carboxylic acids is 4. The van der Waals surface area contributed by atoms with Crippen molar-refractivity contribution >= 4 is 58.4 Å². The maximum atomic E-state index is 13.0. The number of rotatable bonds is 9. The number of fused-ring (bicyclic) bond motifs is 1. The van der Waals surface area contributed by atoms with Gasteiger partial charge in [-0.1, -0.05) is 23.7 Å². The number of carbonyl (C=O) groups is 4. The molecule has 10 nitrogen and oxygen atoms in total. The second-order valence-electron chi connectivity index (χ2n) is 7.31. The average molecular weight is 506 g/mol. The predicted octanol–water partition coefficient (Wildman–Crippen LogP) is 3.54. The summed E-state index contributed by atoms with van der Waals surface area (Å²) in [5.41, 5.74) is 0.251. The Hall–Kier alpha value is -3.44. The Morgan fingerprint density at radius 1 is 1.18 bits per heavy atom. The molecule has 3 rings (SSSR count). The van der Waals surface area contributed by atoms with Crippen molar-refractivity contribution in [1.29, 1.82) is 0 Å². The van der Waals surface area contributed by atoms with Crippen LogP contribution in [0.4, 0.5) is 11.4 Å². The number of amides is 3. The summed E-state index contributed by atoms with van der Waals surface area (Å²) in [6.45, 7) is 1.32. The van der Waals surface area contributed by atoms with Crippen LogP contribution in [-0.2, 0) is 14.3 Å². The van der Waals surface area contributed by atoms with Gasteiger partial charge in [0.1, 0.15) is 6.04 Å². The molecule has 34 heavy (non-hydrogen) atoms. The van der Waals surface area contributed by atoms with Crippen molar-refractivity contribution in [3.05, 3.63) is 68.7 Å². The van der Waals surface area contributed by atoms with Gasteiger partial charge >= 0.3 is 5.97 Å². The van der Waals surface area contributed by atoms with Crippen molar-refractivity contribution in [2.75, 3.05) is 17.3 Å². The minimum absolute atomic E-state index is 0.0649. The Kier molecular flexibility index (Phi) is 7.90. The van der Waals surface area contributed by atoms with E-state index in [0.717, 1.165) is 11.0 Å². The molecule has 1 aliphatic heterocycles. The van der Waals surface area contributed by atoms with Crippen molar-refractivity contribution in [1.82, 2.24) is 4.90 Å². The molecule has 0 fully saturated rings. The molecule has 3 amide bonds. The first-order chi connectivity index (χ1) is 16.1. The molecule has 2 aromatic carbocycles. The van der Waals surface area contributed by atoms with Gasteiger partial charge < -0.3 is 10.1 Å². The standard InChI is InChI=1S/C22H20ClN3O7S/c1-12(19(27)24-17-8-7-13(26(31)32)11-16(17)23)33-22(30)18(9-10-34-2)25-20(28)14-5-3-4-6-15(14)21(25)29/h3-8,11-12,18H,9-10H2,1-2H3,(H,24,27)/t12-,18+/m1/s1. The fraction of sp³-hybridized carbons (Fsp3) is 0.273. The number of nitro benzene ring substituents is 1. The summed E-state index contributed by atoms with van der Waals surface area (Å²) in [6.07, 6.45) is 0.661. The minimum atomic E-state index is -1.30. The second-order valence-corrected chi connectivity index (χ2v) is 8.71. The van der Waals surface area contributed by atoms with E-state index < -0.39 is 40.8 Å². The zero-order valence-corrected chi connectivity index (χ0v) is 19.7. The van der Waals surface area contributed by atoms with Crippen molar-refractivity contribution in [2.45, 2.75) is 25.5 Å². The number of esters is 1. The minimum Gasteiger partial charge on any atom is -0.451 e. The lowest BCUT2D eigenvalue weighted by molar-refractivity contribution is -0.384. The number of halogens is 1. The number of imide groups is 1. The second kappa shape index (κ2) is 10.7. The van der Waals surface area contributed by atoms with Gasteiger partial charge in [-0.2, -0.15) is 11.8 Å². The Balaban J connectivity index is 1.73. The molecule has 178 valence electrons. The van der Waals surface area contributed by atoms with E-state index in [0.29, 0.717) is 5.75 Å². The molecule has 0 aliphatic carbocycles. The maximum Gasteiger partial charge on any atom is 0.330 e. The van der Waals surface area contributed by atoms with Crippen LogP contribution < -0.4 is 5.32 Å². The number of nitro groups is 1. The SMILES string of the molecule is CSCC[C@@H](C(=O)O[C@H](C)C(=O)Nc1ccc([N+](=O)[O-])cc1Cl)N1C(=O)c2ccccc2C1=O. The number of benzene rings is 2. The Morgan fingerprint density at radius 2 is 1.79 bits per heavy atom. The highest BCUT2D eigenvalue weighted by molar-refractivity contribution is 7.98. The van der Waals surface area contributed by atoms with Gasteiger partial charge in [0.15, 0.2) is 6.10 Å². The van der Waals surface area contributed by atoms with Crippen LogP contribution in [0.5, 0.6) is 0 Å². The number of anilines is 1. The summed E-state index contributed by atoms with van der Waals surface area (Å²) in [5.74, 6) is -2.38. The third-order valence-electron chi connectivity index (χ3n) is 5.09. The summed E-state index contributed by atoms with van der Waals surface area (Å²) in [7, 11) is 0. The Morgan fingerprint density at radius 3 is 2.32 bits per heavy atom. The third-order valence-corrected chi connectivity index (χ3v) is 6.04. The van der Waals surface area contributed by atoms with E-state index in [-0.39, 0.29) is 33.9 Å². The first kappa shape index (κ1) is 25.2. The van der Waals surface area contributed by atoms with Crippen LogP contribution in [0.1, 0.15) is 34.1 Å². The zero-order chi connectivity index (χ0) is 25.0. The van der Waals surface area contributed by atoms with Gasteiger partial charge in [-0.05, 0) is 43.6 Å². The van der Waals surface area contributed by atoms with Crippen LogP contribution in [0.3, 0.4) is 0 Å². The van der Waals surface area contributed by atoms with Crippen molar-refractivity contribution in [3.8, 4) is 0 Å². The highest BCUT2D eigenvalue weighted by Gasteiger charge is 2.43. The monoisotopic (exact) mass is 505 g/mol. The molecule has 0 radical (unpaired) electrons. The molecular weight excluding hydrogens is 486 g/mol. The third kappa shape index (κ3) is 5.20. The fourth-order valence-corrected chi connectivity index (χ4v) is 4.01. The molecule has 2 aromatic rings. The molecule has 1 heterocycles. The lowest BCUT2D eigenvalue weighted by atomic mass is 10.1. The number of non-ortho nitro benzene ring substituents is 1. The molecule has 12 heteroatoms. The first-order valence-electron chi connectivity index (χ1n) is 10.1. The van der Waals surface area contributed by atoms with Crippen molar-refractivity contribution < 1.29 is 28.8 Å². The lowest BCUT2D eigenvalue weighted by Gasteiger charge is -2.25. The van der Waals surface area contributed by atoms with Crippen LogP contribution in [0.15, 0.2) is 42.5 Å². The number of nitrogens with zero attached hydrogens (tertiary/aromatic N) is 2. The molecule has 0 unspecified atom stereocenters. The summed E-state index contributed by atoms with van der Waals surface area (Å²) in [6, 6.07) is 8.56. The summed E-state index contributed by atoms with van der Waals surface area (Å²) in [5, 5.41) is 13.2. The van der Waals surface area contributed by atoms with Crippen LogP contribution in [-0.4, -0.2) is 57.7 Å². The van der Waals surface area contributed by atoms with Gasteiger partial charge in [-0.15, -0.1) is 0 Å². The van der Waals surface area contributed by atoms with E-state index in [1.165, 1.54) is 43.0 Å². The molecule has 0 saturated carbocycles. The van der Waals surface area contributed by atoms with Gasteiger partial charge in [0.25, 0.3) is 23.4 Å². The summed E-state index contributed by atoms with van der Waals surface area (Å²) in [4.78, 5) is 62.3. The molecule has 0 aromatic heterocycles. The lowest BCUT2D eigenvalue weighted by Crippen LogP contribution is -2.47. The fourth-order valence-electron chi connectivity index (χ4n) is 3.33. The number of hydrogen-bond acceptors (Lipinski definition) is 8. The van der Waals surface area contributed by atoms with E-state index in [2.05, 4.69) is 5.32 Å². The Labute approximate surface area is 203 Å². The molecular formula is C22H20ClN3O7S. The van der Waals surface area contributed by atoms with E-state index >= 15 is 0 Å². The summed E-state index contributed by atoms with van der Waals surface area (Å²) >= 11 is 7.41. The van der Waals surface area contributed by atoms with E-state index in [1.807, 2.05) is 6.26 Å². The quantitative estimate of drug-likeness (QED) is 0.236. The van der Waals surface area contributed by atoms with Gasteiger partial charge in [0.2, 0.25) is 0 Å². The summed E-state index contributed by atoms with van der Waals surface area (Å²) < 4.78 is 5.30. The van der Waals surface area contributed by atoms with Crippen LogP contribution >= 0.6 is 23.4 Å². The van der Waals surface area contributed by atoms with Crippen LogP contribution in [0.25, 0.3) is 0 Å². The van der Waals surface area contributed by atoms with Gasteiger partial charge in [0.05, 0.1) is 26.8 Å². The molecule has 0 bridgehead atoms. The molecule has 0 saturated heterocycles. The number of nitrogens with one attached hydrogen (secondary N) is 1. The van der Waals surface area contributed by atoms with Crippen molar-refractivity contribution in [2.24, 2.45) is 0 Å². The molecule has 1 N–H and O–H groups in total. The number of hydrogen-bond donors (Lipinski definition) is 1. The smallest absolute Gasteiger partial charge is 0.330 e. The normalized spacial score (nSPS) is 14.4. The van der Waals surface area contributed by atoms with Crippen molar-refractivity contribution in [3.63, 3.8) is 0 Å². The first-order valence-corrected chi connectivity index (χ1v) is 11.8. The predicted molar refractivity (Wildman–Crippen MR) is 126 cm³/mol. The highest BCUT2D eigenvalue weighted by atomic mass is 35.5. The topological polar surface area (TPSA) is 136 Å². The van der Waals surface area contributed by atoms with Crippen LogP contribution in [0.2, 0.25) is 5.02 Å². The van der Waals surface area contributed by atoms with Gasteiger partial charge in [-0.3, -0.25) is 29.4 Å². The maximum absolute atomic E-state index is 13.0. The van der Waals surface area contributed by atoms with E-state index in [9.17, 15) is 29.3 Å². The van der Waals surface area contributed by atoms with Gasteiger partial charge in [-0.25, -0.2) is 4.79 Å². The number of ether oxygens (including phenoxy) is 1. The Bertz CT molecular complexity index is 1140.